The Labute approximate surface area is 168 Å². The second kappa shape index (κ2) is 8.97. The standard InChI is InChI=1S/C22H20N2O5/c1-14-20(22(27)28-2)21(26)18(23-14)12-15-8-10-17(11-9-15)29-13-19(25)24-16-6-4-3-5-7-16/h3-12,20H,13H2,1-2H3,(H,24,25)/b18-12+. The summed E-state index contributed by atoms with van der Waals surface area (Å²) < 4.78 is 10.1. The van der Waals surface area contributed by atoms with Crippen molar-refractivity contribution in [1.82, 2.24) is 0 Å². The average molecular weight is 392 g/mol. The summed E-state index contributed by atoms with van der Waals surface area (Å²) in [4.78, 5) is 40.2. The van der Waals surface area contributed by atoms with Crippen LogP contribution in [0, 0.1) is 5.92 Å². The maximum absolute atomic E-state index is 12.4. The number of benzene rings is 2. The predicted octanol–water partition coefficient (Wildman–Crippen LogP) is 2.88. The number of methoxy groups -OCH3 is 1. The van der Waals surface area contributed by atoms with Crippen molar-refractivity contribution in [2.24, 2.45) is 10.9 Å². The number of hydrogen-bond donors (Lipinski definition) is 1. The van der Waals surface area contributed by atoms with E-state index in [1.807, 2.05) is 18.2 Å². The normalized spacial score (nSPS) is 17.0. The molecule has 7 nitrogen and oxygen atoms in total. The first-order chi connectivity index (χ1) is 14.0. The molecule has 2 aromatic rings. The number of nitrogens with zero attached hydrogens (tertiary/aromatic N) is 1. The summed E-state index contributed by atoms with van der Waals surface area (Å²) in [6, 6.07) is 16.0. The molecule has 0 radical (unpaired) electrons. The number of nitrogens with one attached hydrogen (secondary N) is 1. The van der Waals surface area contributed by atoms with Gasteiger partial charge in [0.15, 0.2) is 12.5 Å². The third kappa shape index (κ3) is 4.95. The summed E-state index contributed by atoms with van der Waals surface area (Å²) in [6.07, 6.45) is 1.60. The predicted molar refractivity (Wildman–Crippen MR) is 109 cm³/mol. The fourth-order valence-electron chi connectivity index (χ4n) is 2.83. The van der Waals surface area contributed by atoms with Crippen LogP contribution in [-0.4, -0.2) is 37.1 Å². The summed E-state index contributed by atoms with van der Waals surface area (Å²) in [5, 5.41) is 2.74. The van der Waals surface area contributed by atoms with E-state index < -0.39 is 11.9 Å². The van der Waals surface area contributed by atoms with E-state index in [9.17, 15) is 14.4 Å². The maximum atomic E-state index is 12.4. The molecule has 0 fully saturated rings. The number of aliphatic imine (C=N–C) groups is 1. The zero-order valence-corrected chi connectivity index (χ0v) is 16.0. The summed E-state index contributed by atoms with van der Waals surface area (Å²) in [7, 11) is 1.24. The Balaban J connectivity index is 1.59. The van der Waals surface area contributed by atoms with Gasteiger partial charge in [0.25, 0.3) is 5.91 Å². The molecule has 1 unspecified atom stereocenters. The lowest BCUT2D eigenvalue weighted by atomic mass is 10.0. The number of rotatable bonds is 6. The highest BCUT2D eigenvalue weighted by atomic mass is 16.5. The minimum absolute atomic E-state index is 0.127. The van der Waals surface area contributed by atoms with Gasteiger partial charge < -0.3 is 14.8 Å². The molecule has 1 aliphatic rings. The number of carbonyl (C=O) groups excluding carboxylic acids is 3. The number of hydrogen-bond acceptors (Lipinski definition) is 6. The van der Waals surface area contributed by atoms with Crippen LogP contribution in [0.15, 0.2) is 65.3 Å². The van der Waals surface area contributed by atoms with Gasteiger partial charge in [-0.25, -0.2) is 0 Å². The number of ether oxygens (including phenoxy) is 2. The molecule has 0 spiro atoms. The van der Waals surface area contributed by atoms with Crippen LogP contribution in [0.25, 0.3) is 6.08 Å². The second-order valence-corrected chi connectivity index (χ2v) is 6.38. The van der Waals surface area contributed by atoms with Crippen LogP contribution in [0.3, 0.4) is 0 Å². The van der Waals surface area contributed by atoms with Crippen molar-refractivity contribution in [3.8, 4) is 5.75 Å². The van der Waals surface area contributed by atoms with E-state index in [2.05, 4.69) is 15.0 Å². The molecule has 29 heavy (non-hydrogen) atoms. The monoisotopic (exact) mass is 392 g/mol. The van der Waals surface area contributed by atoms with Gasteiger partial charge in [-0.2, -0.15) is 0 Å². The Morgan fingerprint density at radius 2 is 1.79 bits per heavy atom. The van der Waals surface area contributed by atoms with Crippen molar-refractivity contribution >= 4 is 35.1 Å². The molecule has 148 valence electrons. The third-order valence-corrected chi connectivity index (χ3v) is 4.28. The van der Waals surface area contributed by atoms with Gasteiger partial charge in [0.2, 0.25) is 5.78 Å². The van der Waals surface area contributed by atoms with Crippen LogP contribution < -0.4 is 10.1 Å². The molecular formula is C22H20N2O5. The minimum atomic E-state index is -0.975. The van der Waals surface area contributed by atoms with Crippen LogP contribution in [0.4, 0.5) is 5.69 Å². The molecule has 1 N–H and O–H groups in total. The van der Waals surface area contributed by atoms with Gasteiger partial charge >= 0.3 is 5.97 Å². The minimum Gasteiger partial charge on any atom is -0.484 e. The average Bonchev–Trinajstić information content (AvgIpc) is 3.00. The highest BCUT2D eigenvalue weighted by Gasteiger charge is 2.37. The Bertz CT molecular complexity index is 978. The molecule has 1 atom stereocenters. The van der Waals surface area contributed by atoms with E-state index in [-0.39, 0.29) is 24.0 Å². The number of esters is 1. The molecule has 0 bridgehead atoms. The smallest absolute Gasteiger partial charge is 0.322 e. The van der Waals surface area contributed by atoms with Gasteiger partial charge in [-0.05, 0) is 42.8 Å². The second-order valence-electron chi connectivity index (χ2n) is 6.38. The number of para-hydroxylation sites is 1. The molecule has 1 amide bonds. The van der Waals surface area contributed by atoms with E-state index in [4.69, 9.17) is 4.74 Å². The number of amides is 1. The van der Waals surface area contributed by atoms with Crippen molar-refractivity contribution < 1.29 is 23.9 Å². The van der Waals surface area contributed by atoms with Crippen molar-refractivity contribution in [2.45, 2.75) is 6.92 Å². The van der Waals surface area contributed by atoms with Gasteiger partial charge in [0.1, 0.15) is 11.4 Å². The zero-order chi connectivity index (χ0) is 20.8. The lowest BCUT2D eigenvalue weighted by Crippen LogP contribution is -2.27. The highest BCUT2D eigenvalue weighted by molar-refractivity contribution is 6.28. The number of Topliss-reactive ketones (excluding diaryl/α,β-unsaturated/α-hetero) is 1. The topological polar surface area (TPSA) is 94.1 Å². The summed E-state index contributed by atoms with van der Waals surface area (Å²) in [5.74, 6) is -1.72. The maximum Gasteiger partial charge on any atom is 0.322 e. The molecule has 0 saturated carbocycles. The molecule has 2 aromatic carbocycles. The van der Waals surface area contributed by atoms with Crippen LogP contribution in [-0.2, 0) is 19.1 Å². The van der Waals surface area contributed by atoms with Crippen molar-refractivity contribution in [3.05, 3.63) is 65.9 Å². The van der Waals surface area contributed by atoms with E-state index >= 15 is 0 Å². The molecular weight excluding hydrogens is 372 g/mol. The quantitative estimate of drug-likeness (QED) is 0.463. The number of allylic oxidation sites excluding steroid dienone is 1. The van der Waals surface area contributed by atoms with Crippen molar-refractivity contribution in [1.29, 1.82) is 0 Å². The fraction of sp³-hybridized carbons (Fsp3) is 0.182. The molecule has 0 aliphatic carbocycles. The SMILES string of the molecule is COC(=O)C1C(=O)/C(=C\c2ccc(OCC(=O)Nc3ccccc3)cc2)N=C1C. The molecule has 0 saturated heterocycles. The largest absolute Gasteiger partial charge is 0.484 e. The van der Waals surface area contributed by atoms with Crippen molar-refractivity contribution in [2.75, 3.05) is 19.0 Å². The lowest BCUT2D eigenvalue weighted by Gasteiger charge is -2.08. The van der Waals surface area contributed by atoms with Crippen LogP contribution in [0.2, 0.25) is 0 Å². The molecule has 1 aliphatic heterocycles. The summed E-state index contributed by atoms with van der Waals surface area (Å²) in [5.41, 5.74) is 2.04. The summed E-state index contributed by atoms with van der Waals surface area (Å²) >= 11 is 0. The van der Waals surface area contributed by atoms with Crippen LogP contribution in [0.5, 0.6) is 5.75 Å². The van der Waals surface area contributed by atoms with Gasteiger partial charge in [0, 0.05) is 11.4 Å². The number of anilines is 1. The fourth-order valence-corrected chi connectivity index (χ4v) is 2.83. The van der Waals surface area contributed by atoms with Gasteiger partial charge in [-0.3, -0.25) is 19.4 Å². The van der Waals surface area contributed by atoms with E-state index in [1.54, 1.807) is 49.4 Å². The highest BCUT2D eigenvalue weighted by Crippen LogP contribution is 2.24. The van der Waals surface area contributed by atoms with E-state index in [0.29, 0.717) is 17.1 Å². The Morgan fingerprint density at radius 3 is 2.45 bits per heavy atom. The van der Waals surface area contributed by atoms with Gasteiger partial charge in [-0.15, -0.1) is 0 Å². The number of carbonyl (C=O) groups is 3. The number of ketones is 1. The van der Waals surface area contributed by atoms with Crippen LogP contribution >= 0.6 is 0 Å². The van der Waals surface area contributed by atoms with E-state index in [1.165, 1.54) is 7.11 Å². The first-order valence-electron chi connectivity index (χ1n) is 8.94. The lowest BCUT2D eigenvalue weighted by molar-refractivity contribution is -0.145. The third-order valence-electron chi connectivity index (χ3n) is 4.28. The van der Waals surface area contributed by atoms with Gasteiger partial charge in [-0.1, -0.05) is 30.3 Å². The Hall–Kier alpha value is -3.74. The van der Waals surface area contributed by atoms with Crippen LogP contribution in [0.1, 0.15) is 12.5 Å². The first kappa shape index (κ1) is 20.0. The molecule has 3 rings (SSSR count). The molecule has 7 heteroatoms. The first-order valence-corrected chi connectivity index (χ1v) is 8.94. The Kier molecular flexibility index (Phi) is 6.19. The Morgan fingerprint density at radius 1 is 1.10 bits per heavy atom. The zero-order valence-electron chi connectivity index (χ0n) is 16.0. The van der Waals surface area contributed by atoms with Gasteiger partial charge in [0.05, 0.1) is 7.11 Å². The summed E-state index contributed by atoms with van der Waals surface area (Å²) in [6.45, 7) is 1.50. The molecule has 1 heterocycles. The van der Waals surface area contributed by atoms with Crippen molar-refractivity contribution in [3.63, 3.8) is 0 Å². The molecule has 0 aromatic heterocycles. The van der Waals surface area contributed by atoms with E-state index in [0.717, 1.165) is 5.56 Å².